The Kier molecular flexibility index (Phi) is 4.78. The van der Waals surface area contributed by atoms with Crippen LogP contribution in [0.4, 0.5) is 0 Å². The zero-order valence-corrected chi connectivity index (χ0v) is 13.6. The minimum atomic E-state index is 0.206. The molecule has 1 N–H and O–H groups in total. The molecule has 1 aromatic heterocycles. The van der Waals surface area contributed by atoms with Gasteiger partial charge in [0.1, 0.15) is 0 Å². The lowest BCUT2D eigenvalue weighted by Gasteiger charge is -2.35. The second-order valence-corrected chi connectivity index (χ2v) is 7.42. The van der Waals surface area contributed by atoms with Gasteiger partial charge in [-0.1, -0.05) is 34.1 Å². The highest BCUT2D eigenvalue weighted by atomic mass is 15.6. The van der Waals surface area contributed by atoms with Crippen molar-refractivity contribution in [2.45, 2.75) is 72.4 Å². The fraction of sp³-hybridized carbons (Fsp3) is 0.933. The molecule has 0 aromatic carbocycles. The van der Waals surface area contributed by atoms with E-state index in [1.807, 2.05) is 0 Å². The molecule has 2 unspecified atom stereocenters. The highest BCUT2D eigenvalue weighted by molar-refractivity contribution is 4.94. The summed E-state index contributed by atoms with van der Waals surface area (Å²) in [7, 11) is 0. The largest absolute Gasteiger partial charge is 0.307 e. The minimum Gasteiger partial charge on any atom is -0.307 e. The summed E-state index contributed by atoms with van der Waals surface area (Å²) < 4.78 is 2.07. The smallest absolute Gasteiger partial charge is 0.168 e. The van der Waals surface area contributed by atoms with E-state index in [9.17, 15) is 0 Å². The molecule has 0 saturated heterocycles. The van der Waals surface area contributed by atoms with E-state index in [-0.39, 0.29) is 6.04 Å². The third-order valence-electron chi connectivity index (χ3n) is 4.26. The SMILES string of the molecule is CC(C)CNC(C)c1nnnn1C1CCCC(C)(C)C1. The Morgan fingerprint density at radius 2 is 2.10 bits per heavy atom. The number of nitrogens with one attached hydrogen (secondary N) is 1. The number of aromatic nitrogens is 4. The van der Waals surface area contributed by atoms with Gasteiger partial charge >= 0.3 is 0 Å². The molecule has 114 valence electrons. The van der Waals surface area contributed by atoms with Gasteiger partial charge in [0, 0.05) is 0 Å². The van der Waals surface area contributed by atoms with Crippen LogP contribution in [-0.2, 0) is 0 Å². The molecule has 20 heavy (non-hydrogen) atoms. The standard InChI is InChI=1S/C15H29N5/c1-11(2)10-16-12(3)14-17-18-19-20(14)13-7-6-8-15(4,5)9-13/h11-13,16H,6-10H2,1-5H3. The maximum absolute atomic E-state index is 4.27. The Balaban J connectivity index is 2.08. The predicted octanol–water partition coefficient (Wildman–Crippen LogP) is 3.12. The average Bonchev–Trinajstić information content (AvgIpc) is 2.83. The van der Waals surface area contributed by atoms with E-state index in [2.05, 4.69) is 60.1 Å². The fourth-order valence-electron chi connectivity index (χ4n) is 3.12. The molecule has 2 atom stereocenters. The molecule has 5 heteroatoms. The van der Waals surface area contributed by atoms with Gasteiger partial charge in [0.05, 0.1) is 12.1 Å². The quantitative estimate of drug-likeness (QED) is 0.899. The summed E-state index contributed by atoms with van der Waals surface area (Å²) in [6, 6.07) is 0.657. The van der Waals surface area contributed by atoms with Crippen LogP contribution in [0.15, 0.2) is 0 Å². The first-order valence-corrected chi connectivity index (χ1v) is 7.90. The summed E-state index contributed by atoms with van der Waals surface area (Å²) in [4.78, 5) is 0. The molecule has 1 aliphatic carbocycles. The van der Waals surface area contributed by atoms with Gasteiger partial charge in [0.15, 0.2) is 5.82 Å². The van der Waals surface area contributed by atoms with Crippen molar-refractivity contribution < 1.29 is 0 Å². The van der Waals surface area contributed by atoms with Crippen molar-refractivity contribution in [3.8, 4) is 0 Å². The van der Waals surface area contributed by atoms with Crippen LogP contribution < -0.4 is 5.32 Å². The molecule has 0 bridgehead atoms. The van der Waals surface area contributed by atoms with Gasteiger partial charge in [-0.05, 0) is 54.5 Å². The Bertz CT molecular complexity index is 424. The van der Waals surface area contributed by atoms with Crippen LogP contribution in [-0.4, -0.2) is 26.8 Å². The average molecular weight is 279 g/mol. The van der Waals surface area contributed by atoms with Crippen molar-refractivity contribution in [3.63, 3.8) is 0 Å². The van der Waals surface area contributed by atoms with E-state index < -0.39 is 0 Å². The number of rotatable bonds is 5. The van der Waals surface area contributed by atoms with Gasteiger partial charge in [0.2, 0.25) is 0 Å². The molecule has 0 aliphatic heterocycles. The molecule has 1 aliphatic rings. The van der Waals surface area contributed by atoms with Crippen LogP contribution in [0.25, 0.3) is 0 Å². The Morgan fingerprint density at radius 3 is 2.75 bits per heavy atom. The summed E-state index contributed by atoms with van der Waals surface area (Å²) in [6.45, 7) is 12.3. The van der Waals surface area contributed by atoms with Crippen molar-refractivity contribution in [3.05, 3.63) is 5.82 Å². The third kappa shape index (κ3) is 3.78. The Morgan fingerprint density at radius 1 is 1.35 bits per heavy atom. The van der Waals surface area contributed by atoms with Gasteiger partial charge < -0.3 is 5.32 Å². The van der Waals surface area contributed by atoms with E-state index >= 15 is 0 Å². The summed E-state index contributed by atoms with van der Waals surface area (Å²) in [5, 5.41) is 16.0. The van der Waals surface area contributed by atoms with Crippen molar-refractivity contribution in [2.24, 2.45) is 11.3 Å². The monoisotopic (exact) mass is 279 g/mol. The molecule has 0 amide bonds. The summed E-state index contributed by atoms with van der Waals surface area (Å²) in [6.07, 6.45) is 4.94. The normalized spacial score (nSPS) is 24.0. The molecule has 1 heterocycles. The van der Waals surface area contributed by atoms with Crippen LogP contribution in [0.1, 0.15) is 78.2 Å². The summed E-state index contributed by atoms with van der Waals surface area (Å²) in [5.74, 6) is 1.61. The number of hydrogen-bond acceptors (Lipinski definition) is 4. The summed E-state index contributed by atoms with van der Waals surface area (Å²) in [5.41, 5.74) is 0.404. The van der Waals surface area contributed by atoms with Crippen LogP contribution in [0.3, 0.4) is 0 Å². The van der Waals surface area contributed by atoms with E-state index in [0.29, 0.717) is 17.4 Å². The van der Waals surface area contributed by atoms with E-state index in [1.165, 1.54) is 25.7 Å². The first-order chi connectivity index (χ1) is 9.39. The van der Waals surface area contributed by atoms with Gasteiger partial charge in [-0.2, -0.15) is 0 Å². The molecular weight excluding hydrogens is 250 g/mol. The van der Waals surface area contributed by atoms with Crippen LogP contribution in [0.5, 0.6) is 0 Å². The first-order valence-electron chi connectivity index (χ1n) is 7.90. The maximum Gasteiger partial charge on any atom is 0.168 e. The minimum absolute atomic E-state index is 0.206. The highest BCUT2D eigenvalue weighted by Gasteiger charge is 2.31. The Labute approximate surface area is 122 Å². The van der Waals surface area contributed by atoms with Crippen LogP contribution in [0.2, 0.25) is 0 Å². The van der Waals surface area contributed by atoms with Crippen LogP contribution >= 0.6 is 0 Å². The highest BCUT2D eigenvalue weighted by Crippen LogP contribution is 2.41. The number of hydrogen-bond donors (Lipinski definition) is 1. The second-order valence-electron chi connectivity index (χ2n) is 7.42. The molecule has 0 spiro atoms. The maximum atomic E-state index is 4.27. The van der Waals surface area contributed by atoms with Crippen LogP contribution in [0, 0.1) is 11.3 Å². The number of tetrazole rings is 1. The molecule has 1 saturated carbocycles. The fourth-order valence-corrected chi connectivity index (χ4v) is 3.12. The summed E-state index contributed by atoms with van der Waals surface area (Å²) >= 11 is 0. The van der Waals surface area contributed by atoms with Gasteiger partial charge in [-0.25, -0.2) is 4.68 Å². The second kappa shape index (κ2) is 6.20. The van der Waals surface area contributed by atoms with Crippen molar-refractivity contribution >= 4 is 0 Å². The molecule has 1 fully saturated rings. The lowest BCUT2D eigenvalue weighted by atomic mass is 9.75. The van der Waals surface area contributed by atoms with Crippen molar-refractivity contribution in [1.82, 2.24) is 25.5 Å². The topological polar surface area (TPSA) is 55.6 Å². The van der Waals surface area contributed by atoms with E-state index in [4.69, 9.17) is 0 Å². The first kappa shape index (κ1) is 15.4. The molecule has 0 radical (unpaired) electrons. The number of nitrogens with zero attached hydrogens (tertiary/aromatic N) is 4. The molecular formula is C15H29N5. The zero-order valence-electron chi connectivity index (χ0n) is 13.6. The van der Waals surface area contributed by atoms with E-state index in [0.717, 1.165) is 12.4 Å². The molecule has 5 nitrogen and oxygen atoms in total. The Hall–Kier alpha value is -0.970. The lowest BCUT2D eigenvalue weighted by Crippen LogP contribution is -2.30. The third-order valence-corrected chi connectivity index (χ3v) is 4.26. The molecule has 2 rings (SSSR count). The van der Waals surface area contributed by atoms with E-state index in [1.54, 1.807) is 0 Å². The predicted molar refractivity (Wildman–Crippen MR) is 80.4 cm³/mol. The van der Waals surface area contributed by atoms with Gasteiger partial charge in [-0.15, -0.1) is 5.10 Å². The molecule has 1 aromatic rings. The lowest BCUT2D eigenvalue weighted by molar-refractivity contribution is 0.169. The van der Waals surface area contributed by atoms with Gasteiger partial charge in [0.25, 0.3) is 0 Å². The van der Waals surface area contributed by atoms with Crippen molar-refractivity contribution in [2.75, 3.05) is 6.54 Å². The zero-order chi connectivity index (χ0) is 14.8. The van der Waals surface area contributed by atoms with Gasteiger partial charge in [-0.3, -0.25) is 0 Å². The van der Waals surface area contributed by atoms with Crippen molar-refractivity contribution in [1.29, 1.82) is 0 Å².